The largest absolute Gasteiger partial charge is 0.507 e. The molecule has 2 aliphatic heterocycles. The zero-order valence-corrected chi connectivity index (χ0v) is 9.86. The first kappa shape index (κ1) is 10.6. The summed E-state index contributed by atoms with van der Waals surface area (Å²) in [7, 11) is 0. The number of nitrogens with zero attached hydrogens (tertiary/aromatic N) is 1. The Bertz CT molecular complexity index is 485. The topological polar surface area (TPSA) is 52.6 Å². The van der Waals surface area contributed by atoms with E-state index in [4.69, 9.17) is 0 Å². The summed E-state index contributed by atoms with van der Waals surface area (Å²) in [6, 6.07) is 3.87. The van der Waals surface area contributed by atoms with Gasteiger partial charge in [0.25, 0.3) is 5.91 Å². The minimum Gasteiger partial charge on any atom is -0.507 e. The van der Waals surface area contributed by atoms with E-state index in [9.17, 15) is 9.90 Å². The van der Waals surface area contributed by atoms with Crippen LogP contribution < -0.4 is 5.32 Å². The average molecular weight is 232 g/mol. The Morgan fingerprint density at radius 3 is 3.12 bits per heavy atom. The Hall–Kier alpha value is -1.55. The van der Waals surface area contributed by atoms with Crippen molar-refractivity contribution in [3.63, 3.8) is 0 Å². The molecule has 1 amide bonds. The summed E-state index contributed by atoms with van der Waals surface area (Å²) in [5.41, 5.74) is 2.58. The number of carbonyl (C=O) groups excluding carboxylic acids is 1. The smallest absolute Gasteiger partial charge is 0.258 e. The van der Waals surface area contributed by atoms with Gasteiger partial charge in [-0.05, 0) is 23.6 Å². The number of nitrogens with one attached hydrogen (secondary N) is 1. The maximum absolute atomic E-state index is 12.2. The van der Waals surface area contributed by atoms with Crippen LogP contribution in [-0.4, -0.2) is 35.5 Å². The van der Waals surface area contributed by atoms with E-state index in [1.54, 1.807) is 6.07 Å². The number of hydrogen-bond acceptors (Lipinski definition) is 3. The molecule has 2 aliphatic rings. The van der Waals surface area contributed by atoms with Gasteiger partial charge in [0, 0.05) is 19.6 Å². The Morgan fingerprint density at radius 1 is 1.53 bits per heavy atom. The van der Waals surface area contributed by atoms with E-state index in [1.807, 2.05) is 4.90 Å². The average Bonchev–Trinajstić information content (AvgIpc) is 2.64. The van der Waals surface area contributed by atoms with E-state index in [-0.39, 0.29) is 17.7 Å². The van der Waals surface area contributed by atoms with Crippen molar-refractivity contribution < 1.29 is 9.90 Å². The number of carbonyl (C=O) groups is 1. The fraction of sp³-hybridized carbons (Fsp3) is 0.462. The second-order valence-electron chi connectivity index (χ2n) is 4.65. The van der Waals surface area contributed by atoms with E-state index in [0.29, 0.717) is 5.56 Å². The number of rotatable bonds is 1. The number of amides is 1. The highest BCUT2D eigenvalue weighted by Crippen LogP contribution is 2.39. The Balaban J connectivity index is 2.14. The molecular formula is C13H16N2O2. The van der Waals surface area contributed by atoms with Crippen molar-refractivity contribution in [3.8, 4) is 5.75 Å². The number of fused-ring (bicyclic) bond motifs is 3. The molecule has 1 aromatic rings. The molecule has 0 bridgehead atoms. The Kier molecular flexibility index (Phi) is 2.33. The van der Waals surface area contributed by atoms with Gasteiger partial charge in [0.1, 0.15) is 5.75 Å². The predicted octanol–water partition coefficient (Wildman–Crippen LogP) is 1.05. The number of phenolic OH excluding ortho intramolecular Hbond substituents is 1. The van der Waals surface area contributed by atoms with E-state index in [0.717, 1.165) is 37.2 Å². The SMILES string of the molecule is CCc1cc(O)c2c(c1)[C@H]1CNCCN1C2=O. The maximum Gasteiger partial charge on any atom is 0.258 e. The van der Waals surface area contributed by atoms with Gasteiger partial charge in [-0.3, -0.25) is 4.79 Å². The first-order valence-electron chi connectivity index (χ1n) is 6.10. The lowest BCUT2D eigenvalue weighted by Crippen LogP contribution is -2.44. The number of benzene rings is 1. The number of piperazine rings is 1. The summed E-state index contributed by atoms with van der Waals surface area (Å²) in [5.74, 6) is 0.116. The summed E-state index contributed by atoms with van der Waals surface area (Å²) < 4.78 is 0. The molecule has 1 fully saturated rings. The summed E-state index contributed by atoms with van der Waals surface area (Å²) in [4.78, 5) is 14.1. The zero-order valence-electron chi connectivity index (χ0n) is 9.86. The van der Waals surface area contributed by atoms with Crippen molar-refractivity contribution >= 4 is 5.91 Å². The fourth-order valence-electron chi connectivity index (χ4n) is 2.78. The van der Waals surface area contributed by atoms with Gasteiger partial charge < -0.3 is 15.3 Å². The first-order chi connectivity index (χ1) is 8.22. The molecule has 3 rings (SSSR count). The van der Waals surface area contributed by atoms with Crippen LogP contribution in [0.1, 0.15) is 34.5 Å². The number of phenols is 1. The molecular weight excluding hydrogens is 216 g/mol. The van der Waals surface area contributed by atoms with Gasteiger partial charge in [-0.2, -0.15) is 0 Å². The molecule has 4 heteroatoms. The summed E-state index contributed by atoms with van der Waals surface area (Å²) in [5, 5.41) is 13.3. The summed E-state index contributed by atoms with van der Waals surface area (Å²) in [6.07, 6.45) is 0.870. The minimum absolute atomic E-state index is 0.0216. The normalized spacial score (nSPS) is 22.5. The highest BCUT2D eigenvalue weighted by atomic mass is 16.3. The molecule has 0 radical (unpaired) electrons. The standard InChI is InChI=1S/C13H16N2O2/c1-2-8-5-9-10-7-14-3-4-15(10)13(17)12(9)11(16)6-8/h5-6,10,14,16H,2-4,7H2,1H3/t10-/m1/s1. The van der Waals surface area contributed by atoms with Crippen LogP contribution in [-0.2, 0) is 6.42 Å². The van der Waals surface area contributed by atoms with E-state index < -0.39 is 0 Å². The van der Waals surface area contributed by atoms with Gasteiger partial charge in [-0.1, -0.05) is 13.0 Å². The van der Waals surface area contributed by atoms with Crippen LogP contribution in [0.25, 0.3) is 0 Å². The monoisotopic (exact) mass is 232 g/mol. The molecule has 0 unspecified atom stereocenters. The molecule has 0 spiro atoms. The van der Waals surface area contributed by atoms with Crippen LogP contribution in [0.2, 0.25) is 0 Å². The molecule has 1 aromatic carbocycles. The molecule has 1 atom stereocenters. The highest BCUT2D eigenvalue weighted by Gasteiger charge is 2.39. The number of aryl methyl sites for hydroxylation is 1. The van der Waals surface area contributed by atoms with Gasteiger partial charge in [0.15, 0.2) is 0 Å². The van der Waals surface area contributed by atoms with Crippen LogP contribution in [0, 0.1) is 0 Å². The van der Waals surface area contributed by atoms with E-state index in [1.165, 1.54) is 0 Å². The fourth-order valence-corrected chi connectivity index (χ4v) is 2.78. The molecule has 90 valence electrons. The van der Waals surface area contributed by atoms with Crippen LogP contribution in [0.3, 0.4) is 0 Å². The summed E-state index contributed by atoms with van der Waals surface area (Å²) >= 11 is 0. The van der Waals surface area contributed by atoms with Gasteiger partial charge in [0.2, 0.25) is 0 Å². The third-order valence-corrected chi connectivity index (χ3v) is 3.69. The van der Waals surface area contributed by atoms with Crippen molar-refractivity contribution in [1.29, 1.82) is 0 Å². The second-order valence-corrected chi connectivity index (χ2v) is 4.65. The van der Waals surface area contributed by atoms with Crippen LogP contribution in [0.4, 0.5) is 0 Å². The Morgan fingerprint density at radius 2 is 2.35 bits per heavy atom. The van der Waals surface area contributed by atoms with Gasteiger partial charge in [0.05, 0.1) is 11.6 Å². The van der Waals surface area contributed by atoms with Crippen LogP contribution in [0.15, 0.2) is 12.1 Å². The van der Waals surface area contributed by atoms with E-state index in [2.05, 4.69) is 18.3 Å². The molecule has 17 heavy (non-hydrogen) atoms. The number of aromatic hydroxyl groups is 1. The van der Waals surface area contributed by atoms with E-state index >= 15 is 0 Å². The molecule has 4 nitrogen and oxygen atoms in total. The van der Waals surface area contributed by atoms with Gasteiger partial charge in [-0.15, -0.1) is 0 Å². The first-order valence-corrected chi connectivity index (χ1v) is 6.10. The number of hydrogen-bond donors (Lipinski definition) is 2. The van der Waals surface area contributed by atoms with Gasteiger partial charge >= 0.3 is 0 Å². The van der Waals surface area contributed by atoms with Crippen molar-refractivity contribution in [2.45, 2.75) is 19.4 Å². The van der Waals surface area contributed by atoms with Crippen molar-refractivity contribution in [2.75, 3.05) is 19.6 Å². The highest BCUT2D eigenvalue weighted by molar-refractivity contribution is 6.02. The van der Waals surface area contributed by atoms with Crippen molar-refractivity contribution in [1.82, 2.24) is 10.2 Å². The molecule has 2 N–H and O–H groups in total. The third-order valence-electron chi connectivity index (χ3n) is 3.69. The molecule has 0 saturated carbocycles. The second kappa shape index (κ2) is 3.74. The predicted molar refractivity (Wildman–Crippen MR) is 64.1 cm³/mol. The quantitative estimate of drug-likeness (QED) is 0.761. The Labute approximate surface area is 100 Å². The van der Waals surface area contributed by atoms with Crippen molar-refractivity contribution in [3.05, 3.63) is 28.8 Å². The third kappa shape index (κ3) is 1.44. The lowest BCUT2D eigenvalue weighted by molar-refractivity contribution is 0.0689. The van der Waals surface area contributed by atoms with Crippen molar-refractivity contribution in [2.24, 2.45) is 0 Å². The maximum atomic E-state index is 12.2. The van der Waals surface area contributed by atoms with Crippen LogP contribution >= 0.6 is 0 Å². The zero-order chi connectivity index (χ0) is 12.0. The lowest BCUT2D eigenvalue weighted by Gasteiger charge is -2.30. The molecule has 0 aliphatic carbocycles. The van der Waals surface area contributed by atoms with Gasteiger partial charge in [-0.25, -0.2) is 0 Å². The molecule has 0 aromatic heterocycles. The van der Waals surface area contributed by atoms with Crippen LogP contribution in [0.5, 0.6) is 5.75 Å². The molecule has 2 heterocycles. The lowest BCUT2D eigenvalue weighted by atomic mass is 9.99. The molecule has 1 saturated heterocycles. The minimum atomic E-state index is -0.0216. The summed E-state index contributed by atoms with van der Waals surface area (Å²) in [6.45, 7) is 4.39.